The summed E-state index contributed by atoms with van der Waals surface area (Å²) in [6, 6.07) is 7.33. The fraction of sp³-hybridized carbons (Fsp3) is 0.500. The molecule has 0 aromatic heterocycles. The lowest BCUT2D eigenvalue weighted by Crippen LogP contribution is -2.44. The number of carbonyl (C=O) groups excluding carboxylic acids is 2. The molecule has 1 N–H and O–H groups in total. The molecule has 1 saturated heterocycles. The number of nitrogens with one attached hydrogen (secondary N) is 1. The van der Waals surface area contributed by atoms with Crippen LogP contribution in [0.15, 0.2) is 28.7 Å². The summed E-state index contributed by atoms with van der Waals surface area (Å²) < 4.78 is 0.958. The Morgan fingerprint density at radius 1 is 1.05 bits per heavy atom. The standard InChI is InChI=1S/C16H21BrN2O2/c17-14-9-7-13(8-10-14)15(20)5-4-6-16(21)18-19-11-2-1-3-12-19/h7-10H,1-6,11-12H2,(H,18,21). The van der Waals surface area contributed by atoms with Crippen LogP contribution in [-0.4, -0.2) is 29.8 Å². The molecule has 1 aliphatic rings. The monoisotopic (exact) mass is 352 g/mol. The van der Waals surface area contributed by atoms with E-state index in [2.05, 4.69) is 21.4 Å². The van der Waals surface area contributed by atoms with Crippen LogP contribution in [0.4, 0.5) is 0 Å². The van der Waals surface area contributed by atoms with E-state index in [1.165, 1.54) is 6.42 Å². The number of hydrogen-bond acceptors (Lipinski definition) is 3. The minimum atomic E-state index is 0.0144. The molecule has 0 aliphatic carbocycles. The maximum atomic E-state index is 12.0. The molecule has 5 heteroatoms. The summed E-state index contributed by atoms with van der Waals surface area (Å²) in [6.07, 6.45) is 4.93. The number of amides is 1. The number of rotatable bonds is 6. The molecule has 114 valence electrons. The summed E-state index contributed by atoms with van der Waals surface area (Å²) in [5.74, 6) is 0.105. The van der Waals surface area contributed by atoms with Crippen LogP contribution in [0.1, 0.15) is 48.9 Å². The second-order valence-electron chi connectivity index (χ2n) is 5.37. The van der Waals surface area contributed by atoms with Crippen LogP contribution >= 0.6 is 15.9 Å². The first-order chi connectivity index (χ1) is 10.1. The molecule has 1 aliphatic heterocycles. The second kappa shape index (κ2) is 8.29. The van der Waals surface area contributed by atoms with Crippen LogP contribution in [0, 0.1) is 0 Å². The van der Waals surface area contributed by atoms with E-state index in [0.717, 1.165) is 30.4 Å². The van der Waals surface area contributed by atoms with Crippen molar-refractivity contribution in [1.82, 2.24) is 10.4 Å². The average molecular weight is 353 g/mol. The van der Waals surface area contributed by atoms with E-state index >= 15 is 0 Å². The van der Waals surface area contributed by atoms with Crippen LogP contribution < -0.4 is 5.43 Å². The average Bonchev–Trinajstić information content (AvgIpc) is 2.49. The van der Waals surface area contributed by atoms with Gasteiger partial charge in [0.25, 0.3) is 0 Å². The zero-order chi connectivity index (χ0) is 15.1. The van der Waals surface area contributed by atoms with Gasteiger partial charge in [-0.2, -0.15) is 0 Å². The molecule has 0 atom stereocenters. The topological polar surface area (TPSA) is 49.4 Å². The van der Waals surface area contributed by atoms with Gasteiger partial charge in [-0.05, 0) is 31.4 Å². The van der Waals surface area contributed by atoms with Crippen molar-refractivity contribution in [2.75, 3.05) is 13.1 Å². The predicted octanol–water partition coefficient (Wildman–Crippen LogP) is 3.32. The van der Waals surface area contributed by atoms with Crippen LogP contribution in [-0.2, 0) is 4.79 Å². The fourth-order valence-electron chi connectivity index (χ4n) is 2.43. The first-order valence-electron chi connectivity index (χ1n) is 7.48. The van der Waals surface area contributed by atoms with Gasteiger partial charge in [-0.25, -0.2) is 5.01 Å². The molecule has 0 unspecified atom stereocenters. The molecule has 1 amide bonds. The minimum absolute atomic E-state index is 0.0144. The zero-order valence-electron chi connectivity index (χ0n) is 12.1. The van der Waals surface area contributed by atoms with E-state index in [0.29, 0.717) is 24.8 Å². The maximum absolute atomic E-state index is 12.0. The van der Waals surface area contributed by atoms with Crippen LogP contribution in [0.2, 0.25) is 0 Å². The highest BCUT2D eigenvalue weighted by atomic mass is 79.9. The highest BCUT2D eigenvalue weighted by Crippen LogP contribution is 2.13. The Morgan fingerprint density at radius 2 is 1.71 bits per heavy atom. The summed E-state index contributed by atoms with van der Waals surface area (Å²) in [4.78, 5) is 23.8. The first-order valence-corrected chi connectivity index (χ1v) is 8.27. The van der Waals surface area contributed by atoms with E-state index in [4.69, 9.17) is 0 Å². The number of piperidine rings is 1. The fourth-order valence-corrected chi connectivity index (χ4v) is 2.69. The summed E-state index contributed by atoms with van der Waals surface area (Å²) in [5.41, 5.74) is 3.62. The predicted molar refractivity (Wildman–Crippen MR) is 85.9 cm³/mol. The van der Waals surface area contributed by atoms with Crippen molar-refractivity contribution in [1.29, 1.82) is 0 Å². The second-order valence-corrected chi connectivity index (χ2v) is 6.28. The normalized spacial score (nSPS) is 15.7. The summed E-state index contributed by atoms with van der Waals surface area (Å²) in [5, 5.41) is 1.99. The SMILES string of the molecule is O=C(CCCC(=O)c1ccc(Br)cc1)NN1CCCCC1. The molecule has 0 spiro atoms. The molecule has 4 nitrogen and oxygen atoms in total. The molecular weight excluding hydrogens is 332 g/mol. The number of Topliss-reactive ketones (excluding diaryl/α,β-unsaturated/α-hetero) is 1. The minimum Gasteiger partial charge on any atom is -0.294 e. The maximum Gasteiger partial charge on any atom is 0.234 e. The lowest BCUT2D eigenvalue weighted by atomic mass is 10.1. The Labute approximate surface area is 134 Å². The van der Waals surface area contributed by atoms with Crippen LogP contribution in [0.3, 0.4) is 0 Å². The van der Waals surface area contributed by atoms with E-state index in [1.54, 1.807) is 12.1 Å². The van der Waals surface area contributed by atoms with Crippen molar-refractivity contribution in [3.8, 4) is 0 Å². The van der Waals surface area contributed by atoms with Gasteiger partial charge in [0.1, 0.15) is 0 Å². The Hall–Kier alpha value is -1.20. The number of halogens is 1. The quantitative estimate of drug-likeness (QED) is 0.799. The Kier molecular flexibility index (Phi) is 6.39. The molecule has 0 saturated carbocycles. The molecule has 1 aromatic carbocycles. The highest BCUT2D eigenvalue weighted by Gasteiger charge is 2.13. The zero-order valence-corrected chi connectivity index (χ0v) is 13.7. The number of ketones is 1. The lowest BCUT2D eigenvalue weighted by molar-refractivity contribution is -0.126. The third-order valence-electron chi connectivity index (χ3n) is 3.61. The highest BCUT2D eigenvalue weighted by molar-refractivity contribution is 9.10. The Balaban J connectivity index is 1.67. The Bertz CT molecular complexity index is 482. The van der Waals surface area contributed by atoms with E-state index in [9.17, 15) is 9.59 Å². The molecule has 21 heavy (non-hydrogen) atoms. The third-order valence-corrected chi connectivity index (χ3v) is 4.14. The third kappa shape index (κ3) is 5.59. The molecule has 1 fully saturated rings. The number of hydrogen-bond donors (Lipinski definition) is 1. The van der Waals surface area contributed by atoms with Gasteiger partial charge in [0.2, 0.25) is 5.91 Å². The van der Waals surface area contributed by atoms with Gasteiger partial charge in [-0.15, -0.1) is 0 Å². The van der Waals surface area contributed by atoms with Crippen molar-refractivity contribution in [3.05, 3.63) is 34.3 Å². The van der Waals surface area contributed by atoms with Gasteiger partial charge in [-0.3, -0.25) is 15.0 Å². The van der Waals surface area contributed by atoms with Gasteiger partial charge in [0, 0.05) is 36.0 Å². The van der Waals surface area contributed by atoms with Gasteiger partial charge < -0.3 is 0 Å². The van der Waals surface area contributed by atoms with Gasteiger partial charge in [0.05, 0.1) is 0 Å². The molecule has 2 rings (SSSR count). The van der Waals surface area contributed by atoms with Crippen LogP contribution in [0.5, 0.6) is 0 Å². The van der Waals surface area contributed by atoms with Crippen molar-refractivity contribution >= 4 is 27.6 Å². The van der Waals surface area contributed by atoms with E-state index < -0.39 is 0 Å². The summed E-state index contributed by atoms with van der Waals surface area (Å²) in [6.45, 7) is 1.87. The van der Waals surface area contributed by atoms with E-state index in [-0.39, 0.29) is 11.7 Å². The van der Waals surface area contributed by atoms with Gasteiger partial charge in [-0.1, -0.05) is 34.5 Å². The molecule has 1 heterocycles. The number of hydrazine groups is 1. The lowest BCUT2D eigenvalue weighted by Gasteiger charge is -2.26. The largest absolute Gasteiger partial charge is 0.294 e. The Morgan fingerprint density at radius 3 is 2.38 bits per heavy atom. The summed E-state index contributed by atoms with van der Waals surface area (Å²) >= 11 is 3.34. The molecule has 0 radical (unpaired) electrons. The molecular formula is C16H21BrN2O2. The number of benzene rings is 1. The summed E-state index contributed by atoms with van der Waals surface area (Å²) in [7, 11) is 0. The molecule has 1 aromatic rings. The number of nitrogens with zero attached hydrogens (tertiary/aromatic N) is 1. The van der Waals surface area contributed by atoms with Gasteiger partial charge in [0.15, 0.2) is 5.78 Å². The number of carbonyl (C=O) groups is 2. The van der Waals surface area contributed by atoms with Gasteiger partial charge >= 0.3 is 0 Å². The van der Waals surface area contributed by atoms with E-state index in [1.807, 2.05) is 17.1 Å². The van der Waals surface area contributed by atoms with Crippen molar-refractivity contribution in [3.63, 3.8) is 0 Å². The van der Waals surface area contributed by atoms with Crippen molar-refractivity contribution < 1.29 is 9.59 Å². The first kappa shape index (κ1) is 16.2. The smallest absolute Gasteiger partial charge is 0.234 e. The molecule has 0 bridgehead atoms. The van der Waals surface area contributed by atoms with Crippen LogP contribution in [0.25, 0.3) is 0 Å². The van der Waals surface area contributed by atoms with Crippen molar-refractivity contribution in [2.45, 2.75) is 38.5 Å². The van der Waals surface area contributed by atoms with Crippen molar-refractivity contribution in [2.24, 2.45) is 0 Å².